The second-order valence-corrected chi connectivity index (χ2v) is 6.78. The van der Waals surface area contributed by atoms with E-state index in [1.165, 1.54) is 17.7 Å². The highest BCUT2D eigenvalue weighted by molar-refractivity contribution is 7.09. The molecule has 0 bridgehead atoms. The Kier molecular flexibility index (Phi) is 6.45. The van der Waals surface area contributed by atoms with Crippen LogP contribution in [0.3, 0.4) is 0 Å². The number of ether oxygens (including phenoxy) is 1. The van der Waals surface area contributed by atoms with E-state index in [0.29, 0.717) is 19.8 Å². The van der Waals surface area contributed by atoms with Crippen LogP contribution in [-0.2, 0) is 11.3 Å². The number of hydrogen-bond acceptors (Lipinski definition) is 5. The summed E-state index contributed by atoms with van der Waals surface area (Å²) in [7, 11) is 0. The van der Waals surface area contributed by atoms with Crippen LogP contribution in [0.5, 0.6) is 0 Å². The minimum atomic E-state index is -0.493. The van der Waals surface area contributed by atoms with Crippen LogP contribution in [0.4, 0.5) is 0 Å². The molecule has 114 valence electrons. The highest BCUT2D eigenvalue weighted by Gasteiger charge is 2.32. The molecule has 1 aromatic rings. The van der Waals surface area contributed by atoms with Crippen molar-refractivity contribution in [1.29, 1.82) is 0 Å². The van der Waals surface area contributed by atoms with Crippen LogP contribution in [0, 0.1) is 5.41 Å². The Bertz CT molecular complexity index is 363. The number of rotatable bonds is 9. The van der Waals surface area contributed by atoms with Gasteiger partial charge in [0.15, 0.2) is 0 Å². The summed E-state index contributed by atoms with van der Waals surface area (Å²) >= 11 is 1.66. The van der Waals surface area contributed by atoms with Gasteiger partial charge in [-0.3, -0.25) is 0 Å². The second kappa shape index (κ2) is 8.10. The highest BCUT2D eigenvalue weighted by atomic mass is 32.1. The summed E-state index contributed by atoms with van der Waals surface area (Å²) in [5.41, 5.74) is 0.0392. The van der Waals surface area contributed by atoms with Gasteiger partial charge in [-0.05, 0) is 24.3 Å². The highest BCUT2D eigenvalue weighted by Crippen LogP contribution is 2.36. The predicted octanol–water partition coefficient (Wildman–Crippen LogP) is 1.77. The zero-order chi connectivity index (χ0) is 14.3. The Balaban J connectivity index is 1.56. The third-order valence-corrected chi connectivity index (χ3v) is 4.86. The fourth-order valence-electron chi connectivity index (χ4n) is 2.77. The first kappa shape index (κ1) is 15.9. The van der Waals surface area contributed by atoms with E-state index in [0.717, 1.165) is 19.4 Å². The maximum atomic E-state index is 9.86. The fourth-order valence-corrected chi connectivity index (χ4v) is 3.41. The predicted molar refractivity (Wildman–Crippen MR) is 80.8 cm³/mol. The van der Waals surface area contributed by atoms with Crippen LogP contribution < -0.4 is 5.32 Å². The Morgan fingerprint density at radius 3 is 2.85 bits per heavy atom. The Hall–Kier alpha value is -0.460. The summed E-state index contributed by atoms with van der Waals surface area (Å²) in [6.45, 7) is 2.45. The van der Waals surface area contributed by atoms with Gasteiger partial charge in [0.1, 0.15) is 0 Å². The molecule has 0 aliphatic heterocycles. The van der Waals surface area contributed by atoms with Crippen molar-refractivity contribution in [3.8, 4) is 0 Å². The fraction of sp³-hybridized carbons (Fsp3) is 0.733. The summed E-state index contributed by atoms with van der Waals surface area (Å²) in [6, 6.07) is 4.03. The van der Waals surface area contributed by atoms with Gasteiger partial charge in [0.25, 0.3) is 0 Å². The third kappa shape index (κ3) is 4.82. The van der Waals surface area contributed by atoms with Crippen molar-refractivity contribution in [2.45, 2.75) is 38.4 Å². The second-order valence-electron chi connectivity index (χ2n) is 5.74. The molecular weight excluding hydrogens is 274 g/mol. The molecule has 1 atom stereocenters. The molecule has 1 saturated carbocycles. The van der Waals surface area contributed by atoms with Crippen molar-refractivity contribution in [3.05, 3.63) is 22.4 Å². The largest absolute Gasteiger partial charge is 0.396 e. The molecule has 0 amide bonds. The van der Waals surface area contributed by atoms with Gasteiger partial charge in [0.05, 0.1) is 19.3 Å². The summed E-state index contributed by atoms with van der Waals surface area (Å²) in [4.78, 5) is 1.18. The van der Waals surface area contributed by atoms with Crippen LogP contribution >= 0.6 is 11.3 Å². The van der Waals surface area contributed by atoms with E-state index >= 15 is 0 Å². The molecule has 0 radical (unpaired) electrons. The van der Waals surface area contributed by atoms with Crippen molar-refractivity contribution in [3.63, 3.8) is 0 Å². The number of nitrogens with one attached hydrogen (secondary N) is 1. The summed E-state index contributed by atoms with van der Waals surface area (Å²) < 4.78 is 5.48. The molecular formula is C15H25NO3S. The average Bonchev–Trinajstić information content (AvgIpc) is 3.10. The molecule has 2 rings (SSSR count). The number of thiophene rings is 1. The summed E-state index contributed by atoms with van der Waals surface area (Å²) in [6.07, 6.45) is 4.08. The van der Waals surface area contributed by atoms with Gasteiger partial charge in [-0.15, -0.1) is 11.3 Å². The van der Waals surface area contributed by atoms with Crippen molar-refractivity contribution in [2.75, 3.05) is 26.3 Å². The maximum Gasteiger partial charge on any atom is 0.0897 e. The molecule has 20 heavy (non-hydrogen) atoms. The van der Waals surface area contributed by atoms with Crippen LogP contribution in [0.25, 0.3) is 0 Å². The van der Waals surface area contributed by atoms with Gasteiger partial charge in [-0.1, -0.05) is 18.9 Å². The Morgan fingerprint density at radius 1 is 1.40 bits per heavy atom. The van der Waals surface area contributed by atoms with E-state index in [1.807, 2.05) is 17.5 Å². The first-order chi connectivity index (χ1) is 9.74. The normalized spacial score (nSPS) is 19.3. The first-order valence-electron chi connectivity index (χ1n) is 7.34. The minimum Gasteiger partial charge on any atom is -0.396 e. The van der Waals surface area contributed by atoms with Crippen LogP contribution in [0.2, 0.25) is 0 Å². The molecule has 3 N–H and O–H groups in total. The molecule has 0 saturated heterocycles. The average molecular weight is 299 g/mol. The molecule has 1 aromatic heterocycles. The molecule has 1 heterocycles. The zero-order valence-corrected chi connectivity index (χ0v) is 12.7. The third-order valence-electron chi connectivity index (χ3n) is 4.01. The lowest BCUT2D eigenvalue weighted by molar-refractivity contribution is 0.0272. The Labute approximate surface area is 124 Å². The number of aliphatic hydroxyl groups is 2. The zero-order valence-electron chi connectivity index (χ0n) is 11.9. The number of hydrogen-bond donors (Lipinski definition) is 3. The minimum absolute atomic E-state index is 0.0392. The van der Waals surface area contributed by atoms with Gasteiger partial charge < -0.3 is 20.3 Å². The molecule has 4 nitrogen and oxygen atoms in total. The van der Waals surface area contributed by atoms with E-state index in [-0.39, 0.29) is 12.0 Å². The van der Waals surface area contributed by atoms with Gasteiger partial charge in [0.2, 0.25) is 0 Å². The van der Waals surface area contributed by atoms with Crippen LogP contribution in [-0.4, -0.2) is 42.6 Å². The van der Waals surface area contributed by atoms with E-state index in [9.17, 15) is 10.2 Å². The van der Waals surface area contributed by atoms with Crippen molar-refractivity contribution < 1.29 is 14.9 Å². The van der Waals surface area contributed by atoms with Gasteiger partial charge in [-0.2, -0.15) is 0 Å². The Morgan fingerprint density at radius 2 is 2.20 bits per heavy atom. The van der Waals surface area contributed by atoms with Gasteiger partial charge in [-0.25, -0.2) is 0 Å². The number of aliphatic hydroxyl groups excluding tert-OH is 2. The standard InChI is InChI=1S/C15H25NO3S/c17-12-15(5-1-2-6-15)11-16-8-13(18)9-19-10-14-4-3-7-20-14/h3-4,7,13,16-18H,1-2,5-6,8-12H2. The smallest absolute Gasteiger partial charge is 0.0897 e. The van der Waals surface area contributed by atoms with E-state index < -0.39 is 6.10 Å². The van der Waals surface area contributed by atoms with E-state index in [2.05, 4.69) is 5.32 Å². The molecule has 0 spiro atoms. The molecule has 1 aliphatic carbocycles. The lowest BCUT2D eigenvalue weighted by Gasteiger charge is -2.27. The lowest BCUT2D eigenvalue weighted by atomic mass is 9.87. The van der Waals surface area contributed by atoms with E-state index in [1.54, 1.807) is 11.3 Å². The monoisotopic (exact) mass is 299 g/mol. The quantitative estimate of drug-likeness (QED) is 0.650. The molecule has 5 heteroatoms. The van der Waals surface area contributed by atoms with Crippen molar-refractivity contribution >= 4 is 11.3 Å². The molecule has 1 aliphatic rings. The van der Waals surface area contributed by atoms with Crippen LogP contribution in [0.1, 0.15) is 30.6 Å². The summed E-state index contributed by atoms with van der Waals surface area (Å²) in [5.74, 6) is 0. The van der Waals surface area contributed by atoms with Gasteiger partial charge in [0, 0.05) is 30.0 Å². The van der Waals surface area contributed by atoms with Gasteiger partial charge >= 0.3 is 0 Å². The van der Waals surface area contributed by atoms with Crippen LogP contribution in [0.15, 0.2) is 17.5 Å². The van der Waals surface area contributed by atoms with Crippen molar-refractivity contribution in [1.82, 2.24) is 5.32 Å². The maximum absolute atomic E-state index is 9.86. The molecule has 0 aromatic carbocycles. The SMILES string of the molecule is OCC1(CNCC(O)COCc2cccs2)CCCC1. The molecule has 1 fully saturated rings. The summed E-state index contributed by atoms with van der Waals surface area (Å²) in [5, 5.41) is 24.7. The van der Waals surface area contributed by atoms with E-state index in [4.69, 9.17) is 4.74 Å². The first-order valence-corrected chi connectivity index (χ1v) is 8.22. The molecule has 1 unspecified atom stereocenters. The lowest BCUT2D eigenvalue weighted by Crippen LogP contribution is -2.39. The van der Waals surface area contributed by atoms with Crippen molar-refractivity contribution in [2.24, 2.45) is 5.41 Å². The topological polar surface area (TPSA) is 61.7 Å².